The molecule has 0 aliphatic rings. The zero-order valence-electron chi connectivity index (χ0n) is 8.83. The maximum atomic E-state index is 12.4. The predicted octanol–water partition coefficient (Wildman–Crippen LogP) is 3.20. The van der Waals surface area contributed by atoms with Gasteiger partial charge in [-0.05, 0) is 16.3 Å². The van der Waals surface area contributed by atoms with Crippen LogP contribution in [-0.4, -0.2) is 15.3 Å². The zero-order chi connectivity index (χ0) is 12.3. The lowest BCUT2D eigenvalue weighted by Gasteiger charge is -2.10. The van der Waals surface area contributed by atoms with Crippen molar-refractivity contribution in [3.63, 3.8) is 0 Å². The fourth-order valence-electron chi connectivity index (χ4n) is 1.61. The third kappa shape index (κ3) is 3.20. The lowest BCUT2D eigenvalue weighted by Crippen LogP contribution is -2.31. The molecule has 2 aromatic carbocycles. The van der Waals surface area contributed by atoms with Gasteiger partial charge in [0.15, 0.2) is 0 Å². The van der Waals surface area contributed by atoms with Crippen LogP contribution in [0, 0.1) is 0 Å². The smallest absolute Gasteiger partial charge is 0.177 e. The van der Waals surface area contributed by atoms with E-state index < -0.39 is 15.3 Å². The third-order valence-corrected chi connectivity index (χ3v) is 3.28. The number of hydrogen-bond acceptors (Lipinski definition) is 0. The highest BCUT2D eigenvalue weighted by Gasteiger charge is 2.30. The molecule has 0 atom stereocenters. The van der Waals surface area contributed by atoms with Gasteiger partial charge in [-0.2, -0.15) is 13.2 Å². The molecule has 4 heteroatoms. The van der Waals surface area contributed by atoms with Gasteiger partial charge < -0.3 is 0 Å². The number of halogens is 3. The second kappa shape index (κ2) is 4.75. The molecule has 2 radical (unpaired) electrons. The Balaban J connectivity index is 2.41. The van der Waals surface area contributed by atoms with Crippen LogP contribution in [0.25, 0.3) is 11.1 Å². The first-order valence-electron chi connectivity index (χ1n) is 5.05. The van der Waals surface area contributed by atoms with Gasteiger partial charge in [0.05, 0.1) is 0 Å². The van der Waals surface area contributed by atoms with Gasteiger partial charge in [0.25, 0.3) is 0 Å². The summed E-state index contributed by atoms with van der Waals surface area (Å²) in [5.74, 6) is -4.15. The van der Waals surface area contributed by atoms with Crippen LogP contribution in [0.4, 0.5) is 13.2 Å². The Bertz CT molecular complexity index is 492. The van der Waals surface area contributed by atoms with Crippen molar-refractivity contribution in [3.05, 3.63) is 54.6 Å². The number of hydrogen-bond donors (Lipinski definition) is 0. The van der Waals surface area contributed by atoms with E-state index in [1.165, 1.54) is 6.07 Å². The van der Waals surface area contributed by atoms with Crippen molar-refractivity contribution < 1.29 is 13.2 Å². The SMILES string of the molecule is FC(F)(F)[Si]c1ccccc1-c1ccccc1. The lowest BCUT2D eigenvalue weighted by molar-refractivity contribution is -0.0455. The standard InChI is InChI=1S/C13H9F3Si/c14-13(15,16)17-12-9-5-4-8-11(12)10-6-2-1-3-7-10/h1-9H. The Morgan fingerprint density at radius 2 is 1.35 bits per heavy atom. The fraction of sp³-hybridized carbons (Fsp3) is 0.0769. The van der Waals surface area contributed by atoms with Crippen LogP contribution in [0.15, 0.2) is 54.6 Å². The van der Waals surface area contributed by atoms with Crippen LogP contribution in [0.5, 0.6) is 0 Å². The van der Waals surface area contributed by atoms with E-state index in [9.17, 15) is 13.2 Å². The van der Waals surface area contributed by atoms with Crippen LogP contribution in [0.2, 0.25) is 0 Å². The summed E-state index contributed by atoms with van der Waals surface area (Å²) in [6.07, 6.45) is 0. The second-order valence-corrected chi connectivity index (χ2v) is 4.89. The first-order chi connectivity index (χ1) is 8.06. The second-order valence-electron chi connectivity index (χ2n) is 3.53. The Kier molecular flexibility index (Phi) is 3.33. The van der Waals surface area contributed by atoms with Gasteiger partial charge in [-0.3, -0.25) is 0 Å². The molecule has 0 saturated heterocycles. The van der Waals surface area contributed by atoms with E-state index >= 15 is 0 Å². The van der Waals surface area contributed by atoms with E-state index in [-0.39, 0.29) is 0 Å². The quantitative estimate of drug-likeness (QED) is 0.718. The van der Waals surface area contributed by atoms with E-state index in [1.54, 1.807) is 18.2 Å². The van der Waals surface area contributed by atoms with Gasteiger partial charge in [0.1, 0.15) is 0 Å². The van der Waals surface area contributed by atoms with Crippen LogP contribution >= 0.6 is 0 Å². The van der Waals surface area contributed by atoms with E-state index in [2.05, 4.69) is 0 Å². The maximum Gasteiger partial charge on any atom is 0.362 e. The topological polar surface area (TPSA) is 0 Å². The van der Waals surface area contributed by atoms with E-state index in [1.807, 2.05) is 30.3 Å². The Morgan fingerprint density at radius 3 is 2.00 bits per heavy atom. The molecule has 17 heavy (non-hydrogen) atoms. The van der Waals surface area contributed by atoms with Gasteiger partial charge in [-0.15, -0.1) is 0 Å². The summed E-state index contributed by atoms with van der Waals surface area (Å²) < 4.78 is 37.3. The van der Waals surface area contributed by atoms with Crippen molar-refractivity contribution in [1.82, 2.24) is 0 Å². The van der Waals surface area contributed by atoms with Crippen LogP contribution in [-0.2, 0) is 0 Å². The van der Waals surface area contributed by atoms with Gasteiger partial charge >= 0.3 is 5.80 Å². The van der Waals surface area contributed by atoms with Gasteiger partial charge in [-0.25, -0.2) is 0 Å². The third-order valence-electron chi connectivity index (χ3n) is 2.29. The number of alkyl halides is 3. The highest BCUT2D eigenvalue weighted by atomic mass is 28.2. The molecule has 0 aliphatic carbocycles. The Labute approximate surface area is 99.9 Å². The lowest BCUT2D eigenvalue weighted by atomic mass is 10.1. The molecule has 0 fully saturated rings. The van der Waals surface area contributed by atoms with Crippen molar-refractivity contribution >= 4 is 14.7 Å². The predicted molar refractivity (Wildman–Crippen MR) is 63.3 cm³/mol. The molecule has 0 spiro atoms. The minimum absolute atomic E-state index is 0.339. The normalized spacial score (nSPS) is 11.5. The van der Waals surface area contributed by atoms with Crippen LogP contribution in [0.1, 0.15) is 0 Å². The summed E-state index contributed by atoms with van der Waals surface area (Å²) in [7, 11) is -1.16. The average molecular weight is 250 g/mol. The van der Waals surface area contributed by atoms with Crippen molar-refractivity contribution in [2.75, 3.05) is 0 Å². The minimum atomic E-state index is -4.15. The fourth-order valence-corrected chi connectivity index (χ4v) is 2.46. The minimum Gasteiger partial charge on any atom is -0.177 e. The van der Waals surface area contributed by atoms with E-state index in [4.69, 9.17) is 0 Å². The van der Waals surface area contributed by atoms with Gasteiger partial charge in [-0.1, -0.05) is 54.6 Å². The first kappa shape index (κ1) is 11.9. The molecule has 0 unspecified atom stereocenters. The van der Waals surface area contributed by atoms with Crippen molar-refractivity contribution in [2.24, 2.45) is 0 Å². The summed E-state index contributed by atoms with van der Waals surface area (Å²) >= 11 is 0. The monoisotopic (exact) mass is 250 g/mol. The van der Waals surface area contributed by atoms with Crippen molar-refractivity contribution in [2.45, 2.75) is 5.80 Å². The molecule has 0 aliphatic heterocycles. The summed E-state index contributed by atoms with van der Waals surface area (Å²) in [4.78, 5) is 0. The van der Waals surface area contributed by atoms with Crippen LogP contribution < -0.4 is 5.19 Å². The molecule has 2 rings (SSSR count). The van der Waals surface area contributed by atoms with Crippen molar-refractivity contribution in [1.29, 1.82) is 0 Å². The van der Waals surface area contributed by atoms with Crippen LogP contribution in [0.3, 0.4) is 0 Å². The molecular formula is C13H9F3Si. The Morgan fingerprint density at radius 1 is 0.765 bits per heavy atom. The molecule has 0 nitrogen and oxygen atoms in total. The largest absolute Gasteiger partial charge is 0.362 e. The highest BCUT2D eigenvalue weighted by Crippen LogP contribution is 2.19. The van der Waals surface area contributed by atoms with E-state index in [0.29, 0.717) is 10.8 Å². The maximum absolute atomic E-state index is 12.4. The number of rotatable bonds is 2. The molecule has 0 bridgehead atoms. The first-order valence-corrected chi connectivity index (χ1v) is 6.05. The molecule has 86 valence electrons. The molecule has 0 aromatic heterocycles. The summed E-state index contributed by atoms with van der Waals surface area (Å²) in [5.41, 5.74) is 1.48. The van der Waals surface area contributed by atoms with Gasteiger partial charge in [0, 0.05) is 0 Å². The molecule has 0 heterocycles. The number of benzene rings is 2. The highest BCUT2D eigenvalue weighted by molar-refractivity contribution is 6.57. The molecule has 2 aromatic rings. The zero-order valence-corrected chi connectivity index (χ0v) is 9.83. The molecule has 0 saturated carbocycles. The summed E-state index contributed by atoms with van der Waals surface area (Å²) in [5, 5.41) is 0.339. The Hall–Kier alpha value is -1.55. The molecular weight excluding hydrogens is 241 g/mol. The summed E-state index contributed by atoms with van der Waals surface area (Å²) in [6, 6.07) is 15.8. The molecule has 0 amide bonds. The van der Waals surface area contributed by atoms with Crippen molar-refractivity contribution in [3.8, 4) is 11.1 Å². The summed E-state index contributed by atoms with van der Waals surface area (Å²) in [6.45, 7) is 0. The molecule has 0 N–H and O–H groups in total. The average Bonchev–Trinajstić information content (AvgIpc) is 2.29. The van der Waals surface area contributed by atoms with Gasteiger partial charge in [0.2, 0.25) is 9.52 Å². The van der Waals surface area contributed by atoms with E-state index in [0.717, 1.165) is 5.56 Å².